The van der Waals surface area contributed by atoms with Crippen molar-refractivity contribution in [2.45, 2.75) is 39.3 Å². The van der Waals surface area contributed by atoms with Gasteiger partial charge in [0.15, 0.2) is 7.14 Å². The third-order valence-corrected chi connectivity index (χ3v) is 7.22. The predicted molar refractivity (Wildman–Crippen MR) is 86.4 cm³/mol. The Morgan fingerprint density at radius 2 is 1.71 bits per heavy atom. The molecule has 0 N–H and O–H groups in total. The molecule has 0 radical (unpaired) electrons. The number of carbonyl (C=O) groups is 1. The maximum atomic E-state index is 13.2. The second-order valence-corrected chi connectivity index (χ2v) is 8.79. The van der Waals surface area contributed by atoms with E-state index in [2.05, 4.69) is 0 Å². The second-order valence-electron chi connectivity index (χ2n) is 5.31. The maximum absolute atomic E-state index is 13.2. The van der Waals surface area contributed by atoms with Crippen LogP contribution in [-0.4, -0.2) is 31.6 Å². The Hall–Kier alpha value is -1.28. The fourth-order valence-corrected chi connectivity index (χ4v) is 4.81. The molecule has 1 unspecified atom stereocenters. The first-order chi connectivity index (χ1) is 9.92. The molecule has 0 aliphatic heterocycles. The van der Waals surface area contributed by atoms with E-state index in [0.717, 1.165) is 12.8 Å². The first kappa shape index (κ1) is 17.8. The molecule has 0 heterocycles. The van der Waals surface area contributed by atoms with Crippen molar-refractivity contribution in [1.82, 2.24) is 0 Å². The van der Waals surface area contributed by atoms with Crippen molar-refractivity contribution in [2.24, 2.45) is 0 Å². The van der Waals surface area contributed by atoms with Crippen LogP contribution < -0.4 is 9.47 Å². The molecule has 1 aromatic rings. The van der Waals surface area contributed by atoms with Crippen molar-refractivity contribution >= 4 is 12.7 Å². The van der Waals surface area contributed by atoms with Gasteiger partial charge in [-0.3, -0.25) is 4.79 Å². The minimum Gasteiger partial charge on any atom is -0.496 e. The van der Waals surface area contributed by atoms with Gasteiger partial charge < -0.3 is 14.0 Å². The van der Waals surface area contributed by atoms with Crippen molar-refractivity contribution in [1.29, 1.82) is 0 Å². The minimum atomic E-state index is -3.00. The fourth-order valence-electron chi connectivity index (χ4n) is 2.24. The highest BCUT2D eigenvalue weighted by Crippen LogP contribution is 2.56. The molecule has 4 nitrogen and oxygen atoms in total. The summed E-state index contributed by atoms with van der Waals surface area (Å²) in [6.07, 6.45) is 2.12. The van der Waals surface area contributed by atoms with Crippen LogP contribution in [0.5, 0.6) is 11.5 Å². The Labute approximate surface area is 127 Å². The Balaban J connectivity index is 3.37. The van der Waals surface area contributed by atoms with Crippen molar-refractivity contribution < 1.29 is 18.8 Å². The minimum absolute atomic E-state index is 0.189. The standard InChI is InChI=1S/C16H25O4P/c1-6-7-11-21(18,12(2)3)16(17)15-13(19-4)9-8-10-14(15)20-5/h8-10,12H,6-7,11H2,1-5H3. The van der Waals surface area contributed by atoms with Crippen LogP contribution in [0.25, 0.3) is 0 Å². The van der Waals surface area contributed by atoms with Crippen LogP contribution in [0, 0.1) is 0 Å². The molecule has 0 saturated heterocycles. The molecule has 0 saturated carbocycles. The van der Waals surface area contributed by atoms with E-state index < -0.39 is 7.14 Å². The number of ether oxygens (including phenoxy) is 2. The number of unbranched alkanes of at least 4 members (excludes halogenated alkanes) is 1. The summed E-state index contributed by atoms with van der Waals surface area (Å²) >= 11 is 0. The first-order valence-electron chi connectivity index (χ1n) is 7.27. The molecular formula is C16H25O4P. The Morgan fingerprint density at radius 1 is 1.19 bits per heavy atom. The first-order valence-corrected chi connectivity index (χ1v) is 9.23. The van der Waals surface area contributed by atoms with Gasteiger partial charge in [-0.1, -0.05) is 33.3 Å². The molecule has 0 fully saturated rings. The summed E-state index contributed by atoms with van der Waals surface area (Å²) in [4.78, 5) is 13.0. The summed E-state index contributed by atoms with van der Waals surface area (Å²) < 4.78 is 23.8. The van der Waals surface area contributed by atoms with Crippen LogP contribution in [0.4, 0.5) is 0 Å². The molecule has 0 amide bonds. The van der Waals surface area contributed by atoms with E-state index in [4.69, 9.17) is 9.47 Å². The van der Waals surface area contributed by atoms with Gasteiger partial charge in [-0.25, -0.2) is 0 Å². The molecular weight excluding hydrogens is 287 g/mol. The van der Waals surface area contributed by atoms with E-state index in [1.54, 1.807) is 18.2 Å². The summed E-state index contributed by atoms with van der Waals surface area (Å²) in [5.74, 6) is 0.827. The van der Waals surface area contributed by atoms with Gasteiger partial charge in [0, 0.05) is 11.8 Å². The van der Waals surface area contributed by atoms with Crippen LogP contribution >= 0.6 is 7.14 Å². The number of hydrogen-bond acceptors (Lipinski definition) is 4. The van der Waals surface area contributed by atoms with Gasteiger partial charge in [0.25, 0.3) is 0 Å². The third-order valence-electron chi connectivity index (χ3n) is 3.66. The Kier molecular flexibility index (Phi) is 6.47. The van der Waals surface area contributed by atoms with Gasteiger partial charge in [0.1, 0.15) is 17.1 Å². The highest BCUT2D eigenvalue weighted by molar-refractivity contribution is 7.81. The molecule has 21 heavy (non-hydrogen) atoms. The van der Waals surface area contributed by atoms with Gasteiger partial charge in [-0.05, 0) is 18.6 Å². The van der Waals surface area contributed by atoms with Crippen LogP contribution in [0.15, 0.2) is 18.2 Å². The molecule has 0 aliphatic rings. The van der Waals surface area contributed by atoms with E-state index >= 15 is 0 Å². The number of hydrogen-bond donors (Lipinski definition) is 0. The van der Waals surface area contributed by atoms with Crippen LogP contribution in [0.1, 0.15) is 44.0 Å². The lowest BCUT2D eigenvalue weighted by atomic mass is 10.2. The average Bonchev–Trinajstić information content (AvgIpc) is 2.50. The summed E-state index contributed by atoms with van der Waals surface area (Å²) in [6, 6.07) is 5.14. The van der Waals surface area contributed by atoms with Crippen LogP contribution in [-0.2, 0) is 4.57 Å². The highest BCUT2D eigenvalue weighted by Gasteiger charge is 2.38. The van der Waals surface area contributed by atoms with Gasteiger partial charge in [0.2, 0.25) is 5.52 Å². The Morgan fingerprint density at radius 3 is 2.10 bits per heavy atom. The van der Waals surface area contributed by atoms with E-state index in [-0.39, 0.29) is 11.2 Å². The summed E-state index contributed by atoms with van der Waals surface area (Å²) in [7, 11) is -0.00407. The molecule has 0 aliphatic carbocycles. The predicted octanol–water partition coefficient (Wildman–Crippen LogP) is 4.42. The van der Waals surface area contributed by atoms with Crippen molar-refractivity contribution in [3.8, 4) is 11.5 Å². The maximum Gasteiger partial charge on any atom is 0.229 e. The molecule has 118 valence electrons. The Bertz CT molecular complexity index is 515. The van der Waals surface area contributed by atoms with Gasteiger partial charge in [-0.2, -0.15) is 0 Å². The zero-order valence-electron chi connectivity index (χ0n) is 13.5. The van der Waals surface area contributed by atoms with E-state index in [0.29, 0.717) is 23.2 Å². The molecule has 1 rings (SSSR count). The van der Waals surface area contributed by atoms with Gasteiger partial charge in [0.05, 0.1) is 14.2 Å². The summed E-state index contributed by atoms with van der Waals surface area (Å²) in [6.45, 7) is 5.71. The zero-order chi connectivity index (χ0) is 16.0. The number of rotatable bonds is 8. The van der Waals surface area contributed by atoms with E-state index in [1.807, 2.05) is 20.8 Å². The number of benzene rings is 1. The topological polar surface area (TPSA) is 52.6 Å². The van der Waals surface area contributed by atoms with Crippen molar-refractivity contribution in [3.63, 3.8) is 0 Å². The molecule has 1 aromatic carbocycles. The molecule has 1 atom stereocenters. The van der Waals surface area contributed by atoms with Crippen molar-refractivity contribution in [3.05, 3.63) is 23.8 Å². The molecule has 5 heteroatoms. The smallest absolute Gasteiger partial charge is 0.229 e. The molecule has 0 spiro atoms. The lowest BCUT2D eigenvalue weighted by Gasteiger charge is -2.22. The SMILES string of the molecule is CCCCP(=O)(C(=O)c1c(OC)cccc1OC)C(C)C. The second kappa shape index (κ2) is 7.65. The monoisotopic (exact) mass is 312 g/mol. The largest absolute Gasteiger partial charge is 0.496 e. The normalized spacial score (nSPS) is 13.8. The third kappa shape index (κ3) is 3.68. The number of methoxy groups -OCH3 is 2. The number of carbonyl (C=O) groups excluding carboxylic acids is 1. The average molecular weight is 312 g/mol. The quantitative estimate of drug-likeness (QED) is 0.667. The summed E-state index contributed by atoms with van der Waals surface area (Å²) in [5, 5.41) is 0. The molecule has 0 bridgehead atoms. The van der Waals surface area contributed by atoms with Gasteiger partial charge in [-0.15, -0.1) is 0 Å². The van der Waals surface area contributed by atoms with Crippen LogP contribution in [0.3, 0.4) is 0 Å². The van der Waals surface area contributed by atoms with Gasteiger partial charge >= 0.3 is 0 Å². The lowest BCUT2D eigenvalue weighted by Crippen LogP contribution is -2.14. The van der Waals surface area contributed by atoms with Crippen LogP contribution in [0.2, 0.25) is 0 Å². The molecule has 0 aromatic heterocycles. The van der Waals surface area contributed by atoms with E-state index in [9.17, 15) is 9.36 Å². The zero-order valence-corrected chi connectivity index (χ0v) is 14.4. The summed E-state index contributed by atoms with van der Waals surface area (Å²) in [5.41, 5.74) is -0.220. The highest BCUT2D eigenvalue weighted by atomic mass is 31.2. The fraction of sp³-hybridized carbons (Fsp3) is 0.562. The van der Waals surface area contributed by atoms with Crippen molar-refractivity contribution in [2.75, 3.05) is 20.4 Å². The van der Waals surface area contributed by atoms with E-state index in [1.165, 1.54) is 14.2 Å². The lowest BCUT2D eigenvalue weighted by molar-refractivity contribution is 0.106.